The first-order valence-corrected chi connectivity index (χ1v) is 5.81. The van der Waals surface area contributed by atoms with Gasteiger partial charge in [-0.05, 0) is 38.9 Å². The fourth-order valence-electron chi connectivity index (χ4n) is 2.01. The van der Waals surface area contributed by atoms with Crippen LogP contribution in [0.2, 0.25) is 0 Å². The van der Waals surface area contributed by atoms with Crippen LogP contribution in [0.3, 0.4) is 0 Å². The molecule has 0 aromatic carbocycles. The molecule has 1 saturated heterocycles. The second-order valence-electron chi connectivity index (χ2n) is 4.13. The lowest BCUT2D eigenvalue weighted by Crippen LogP contribution is -2.27. The molecule has 3 heteroatoms. The Kier molecular flexibility index (Phi) is 6.15. The van der Waals surface area contributed by atoms with Crippen molar-refractivity contribution < 1.29 is 4.74 Å². The third-order valence-electron chi connectivity index (χ3n) is 2.76. The molecule has 0 amide bonds. The molecular weight excluding hydrogens is 176 g/mol. The van der Waals surface area contributed by atoms with Gasteiger partial charge in [-0.1, -0.05) is 6.92 Å². The highest BCUT2D eigenvalue weighted by Crippen LogP contribution is 2.14. The first-order chi connectivity index (χ1) is 6.86. The van der Waals surface area contributed by atoms with E-state index in [0.717, 1.165) is 38.6 Å². The molecule has 0 aliphatic carbocycles. The van der Waals surface area contributed by atoms with Crippen molar-refractivity contribution in [1.82, 2.24) is 10.2 Å². The van der Waals surface area contributed by atoms with Gasteiger partial charge in [-0.2, -0.15) is 0 Å². The van der Waals surface area contributed by atoms with Crippen LogP contribution in [0.4, 0.5) is 0 Å². The molecule has 1 unspecified atom stereocenters. The zero-order chi connectivity index (χ0) is 10.2. The minimum absolute atomic E-state index is 0.853. The molecule has 1 fully saturated rings. The van der Waals surface area contributed by atoms with Gasteiger partial charge in [0.2, 0.25) is 0 Å². The van der Waals surface area contributed by atoms with E-state index in [-0.39, 0.29) is 0 Å². The average molecular weight is 200 g/mol. The van der Waals surface area contributed by atoms with Crippen molar-refractivity contribution in [3.63, 3.8) is 0 Å². The van der Waals surface area contributed by atoms with Gasteiger partial charge in [0, 0.05) is 19.7 Å². The Labute approximate surface area is 87.8 Å². The van der Waals surface area contributed by atoms with Crippen molar-refractivity contribution in [2.75, 3.05) is 46.4 Å². The zero-order valence-corrected chi connectivity index (χ0v) is 9.59. The highest BCUT2D eigenvalue weighted by molar-refractivity contribution is 4.76. The molecule has 1 aliphatic heterocycles. The maximum Gasteiger partial charge on any atom is 0.0593 e. The van der Waals surface area contributed by atoms with Gasteiger partial charge in [0.15, 0.2) is 0 Å². The fraction of sp³-hybridized carbons (Fsp3) is 1.00. The van der Waals surface area contributed by atoms with Gasteiger partial charge in [-0.25, -0.2) is 0 Å². The Balaban J connectivity index is 1.98. The monoisotopic (exact) mass is 200 g/mol. The molecular formula is C11H24N2O. The lowest BCUT2D eigenvalue weighted by molar-refractivity contribution is 0.110. The summed E-state index contributed by atoms with van der Waals surface area (Å²) in [5, 5.41) is 3.25. The maximum atomic E-state index is 5.48. The molecule has 1 rings (SSSR count). The van der Waals surface area contributed by atoms with Gasteiger partial charge in [0.05, 0.1) is 6.61 Å². The largest absolute Gasteiger partial charge is 0.380 e. The topological polar surface area (TPSA) is 24.5 Å². The number of nitrogens with zero attached hydrogens (tertiary/aromatic N) is 1. The van der Waals surface area contributed by atoms with Gasteiger partial charge in [0.25, 0.3) is 0 Å². The van der Waals surface area contributed by atoms with Crippen LogP contribution in [0.5, 0.6) is 0 Å². The van der Waals surface area contributed by atoms with Gasteiger partial charge < -0.3 is 15.0 Å². The molecule has 1 atom stereocenters. The predicted octanol–water partition coefficient (Wildman–Crippen LogP) is 0.954. The molecule has 1 N–H and O–H groups in total. The standard InChI is InChI=1S/C11H24N2O/c1-3-7-14-8-6-13-5-4-11(10-13)9-12-2/h11-12H,3-10H2,1-2H3. The van der Waals surface area contributed by atoms with Crippen LogP contribution in [0.15, 0.2) is 0 Å². The highest BCUT2D eigenvalue weighted by atomic mass is 16.5. The number of nitrogens with one attached hydrogen (secondary N) is 1. The van der Waals surface area contributed by atoms with Crippen LogP contribution in [-0.4, -0.2) is 51.3 Å². The minimum atomic E-state index is 0.853. The Morgan fingerprint density at radius 2 is 2.29 bits per heavy atom. The van der Waals surface area contributed by atoms with E-state index in [1.165, 1.54) is 19.5 Å². The van der Waals surface area contributed by atoms with Crippen molar-refractivity contribution >= 4 is 0 Å². The summed E-state index contributed by atoms with van der Waals surface area (Å²) in [7, 11) is 2.03. The summed E-state index contributed by atoms with van der Waals surface area (Å²) in [5.41, 5.74) is 0. The molecule has 84 valence electrons. The van der Waals surface area contributed by atoms with E-state index in [2.05, 4.69) is 17.1 Å². The van der Waals surface area contributed by atoms with E-state index in [9.17, 15) is 0 Å². The van der Waals surface area contributed by atoms with Crippen LogP contribution in [0.25, 0.3) is 0 Å². The van der Waals surface area contributed by atoms with Gasteiger partial charge in [0.1, 0.15) is 0 Å². The zero-order valence-electron chi connectivity index (χ0n) is 9.59. The summed E-state index contributed by atoms with van der Waals surface area (Å²) in [6.45, 7) is 8.73. The second kappa shape index (κ2) is 7.21. The van der Waals surface area contributed by atoms with Gasteiger partial charge in [-0.3, -0.25) is 0 Å². The number of likely N-dealkylation sites (tertiary alicyclic amines) is 1. The lowest BCUT2D eigenvalue weighted by Gasteiger charge is -2.15. The van der Waals surface area contributed by atoms with E-state index in [4.69, 9.17) is 4.74 Å². The number of rotatable bonds is 7. The van der Waals surface area contributed by atoms with Crippen molar-refractivity contribution in [3.8, 4) is 0 Å². The summed E-state index contributed by atoms with van der Waals surface area (Å²) in [5.74, 6) is 0.853. The molecule has 14 heavy (non-hydrogen) atoms. The fourth-order valence-corrected chi connectivity index (χ4v) is 2.01. The van der Waals surface area contributed by atoms with E-state index in [1.54, 1.807) is 0 Å². The Morgan fingerprint density at radius 3 is 3.00 bits per heavy atom. The SMILES string of the molecule is CCCOCCN1CCC(CNC)C1. The lowest BCUT2D eigenvalue weighted by atomic mass is 10.1. The highest BCUT2D eigenvalue weighted by Gasteiger charge is 2.20. The Bertz CT molecular complexity index is 141. The number of hydrogen-bond donors (Lipinski definition) is 1. The summed E-state index contributed by atoms with van der Waals surface area (Å²) >= 11 is 0. The quantitative estimate of drug-likeness (QED) is 0.619. The average Bonchev–Trinajstić information content (AvgIpc) is 2.61. The van der Waals surface area contributed by atoms with Crippen molar-refractivity contribution in [1.29, 1.82) is 0 Å². The van der Waals surface area contributed by atoms with Crippen LogP contribution >= 0.6 is 0 Å². The third-order valence-corrected chi connectivity index (χ3v) is 2.76. The third kappa shape index (κ3) is 4.40. The molecule has 3 nitrogen and oxygen atoms in total. The summed E-state index contributed by atoms with van der Waals surface area (Å²) in [6.07, 6.45) is 2.47. The van der Waals surface area contributed by atoms with Crippen LogP contribution < -0.4 is 5.32 Å². The van der Waals surface area contributed by atoms with E-state index in [1.807, 2.05) is 7.05 Å². The molecule has 0 aromatic heterocycles. The molecule has 1 aliphatic rings. The molecule has 1 heterocycles. The van der Waals surface area contributed by atoms with Gasteiger partial charge >= 0.3 is 0 Å². The number of ether oxygens (including phenoxy) is 1. The summed E-state index contributed by atoms with van der Waals surface area (Å²) in [4.78, 5) is 2.51. The molecule has 0 bridgehead atoms. The predicted molar refractivity (Wildman–Crippen MR) is 59.6 cm³/mol. The van der Waals surface area contributed by atoms with Crippen LogP contribution in [-0.2, 0) is 4.74 Å². The summed E-state index contributed by atoms with van der Waals surface area (Å²) in [6, 6.07) is 0. The molecule has 0 aromatic rings. The van der Waals surface area contributed by atoms with Crippen molar-refractivity contribution in [2.45, 2.75) is 19.8 Å². The Hall–Kier alpha value is -0.120. The molecule has 0 saturated carbocycles. The van der Waals surface area contributed by atoms with Crippen molar-refractivity contribution in [2.24, 2.45) is 5.92 Å². The number of hydrogen-bond acceptors (Lipinski definition) is 3. The van der Waals surface area contributed by atoms with Gasteiger partial charge in [-0.15, -0.1) is 0 Å². The smallest absolute Gasteiger partial charge is 0.0593 e. The van der Waals surface area contributed by atoms with Crippen LogP contribution in [0.1, 0.15) is 19.8 Å². The van der Waals surface area contributed by atoms with E-state index in [0.29, 0.717) is 0 Å². The minimum Gasteiger partial charge on any atom is -0.380 e. The van der Waals surface area contributed by atoms with Crippen molar-refractivity contribution in [3.05, 3.63) is 0 Å². The maximum absolute atomic E-state index is 5.48. The Morgan fingerprint density at radius 1 is 1.43 bits per heavy atom. The summed E-state index contributed by atoms with van der Waals surface area (Å²) < 4.78 is 5.48. The van der Waals surface area contributed by atoms with E-state index < -0.39 is 0 Å². The van der Waals surface area contributed by atoms with Crippen LogP contribution in [0, 0.1) is 5.92 Å². The molecule has 0 spiro atoms. The first-order valence-electron chi connectivity index (χ1n) is 5.81. The first kappa shape index (κ1) is 12.0. The normalized spacial score (nSPS) is 23.1. The second-order valence-corrected chi connectivity index (χ2v) is 4.13. The molecule has 0 radical (unpaired) electrons. The van der Waals surface area contributed by atoms with E-state index >= 15 is 0 Å².